The molecule has 8 nitrogen and oxygen atoms in total. The van der Waals surface area contributed by atoms with E-state index in [2.05, 4.69) is 51.6 Å². The predicted octanol–water partition coefficient (Wildman–Crippen LogP) is 5.03. The van der Waals surface area contributed by atoms with E-state index in [1.165, 1.54) is 46.6 Å². The summed E-state index contributed by atoms with van der Waals surface area (Å²) in [6, 6.07) is 8.47. The number of anilines is 2. The maximum Gasteiger partial charge on any atom is 0.278 e. The molecule has 1 aliphatic heterocycles. The maximum atomic E-state index is 14.7. The average molecular weight is 508 g/mol. The molecule has 0 unspecified atom stereocenters. The van der Waals surface area contributed by atoms with Gasteiger partial charge in [-0.2, -0.15) is 4.98 Å². The van der Waals surface area contributed by atoms with Crippen LogP contribution in [-0.2, 0) is 17.6 Å². The number of nitrogens with one attached hydrogen (secondary N) is 2. The molecular formula is C27H31F2N7O. The average Bonchev–Trinajstić information content (AvgIpc) is 3.10. The smallest absolute Gasteiger partial charge is 0.278 e. The molecule has 1 aromatic carbocycles. The number of pyridine rings is 1. The molecule has 3 aromatic heterocycles. The topological polar surface area (TPSA) is 89.7 Å². The van der Waals surface area contributed by atoms with Crippen molar-refractivity contribution in [2.45, 2.75) is 65.2 Å². The van der Waals surface area contributed by atoms with Crippen LogP contribution in [0.1, 0.15) is 64.4 Å². The zero-order valence-electron chi connectivity index (χ0n) is 21.9. The van der Waals surface area contributed by atoms with Crippen molar-refractivity contribution in [3.63, 3.8) is 0 Å². The molecule has 0 radical (unpaired) electrons. The summed E-state index contributed by atoms with van der Waals surface area (Å²) in [5.41, 5.74) is 0.969. The van der Waals surface area contributed by atoms with E-state index < -0.39 is 11.5 Å². The Balaban J connectivity index is 1.63. The van der Waals surface area contributed by atoms with Crippen LogP contribution in [0.4, 0.5) is 20.4 Å². The fraction of sp³-hybridized carbons (Fsp3) is 0.407. The third-order valence-electron chi connectivity index (χ3n) is 6.70. The second kappa shape index (κ2) is 8.72. The van der Waals surface area contributed by atoms with Crippen molar-refractivity contribution in [2.24, 2.45) is 0 Å². The number of rotatable bonds is 5. The fourth-order valence-electron chi connectivity index (χ4n) is 4.92. The van der Waals surface area contributed by atoms with Crippen LogP contribution in [0.25, 0.3) is 16.9 Å². The summed E-state index contributed by atoms with van der Waals surface area (Å²) < 4.78 is 32.1. The van der Waals surface area contributed by atoms with E-state index >= 15 is 0 Å². The molecule has 4 heterocycles. The van der Waals surface area contributed by atoms with Crippen molar-refractivity contribution in [2.75, 3.05) is 11.9 Å². The Bertz CT molecular complexity index is 1560. The molecular weight excluding hydrogens is 476 g/mol. The quantitative estimate of drug-likeness (QED) is 0.394. The molecule has 37 heavy (non-hydrogen) atoms. The Hall–Kier alpha value is -3.66. The highest BCUT2D eigenvalue weighted by atomic mass is 19.1. The minimum atomic E-state index is -2.01. The van der Waals surface area contributed by atoms with E-state index in [0.29, 0.717) is 11.6 Å². The van der Waals surface area contributed by atoms with E-state index in [1.807, 2.05) is 19.9 Å². The van der Waals surface area contributed by atoms with Gasteiger partial charge in [-0.05, 0) is 63.1 Å². The highest BCUT2D eigenvalue weighted by Gasteiger charge is 2.29. The SMILES string of the molecule is CC(C)n1c(=O)c2cnc(Nc3ccc4c(c3)CNCC4(C)C)nc2n1-c1ccc(F)c(C(C)(C)F)n1. The van der Waals surface area contributed by atoms with Crippen LogP contribution < -0.4 is 16.2 Å². The second-order valence-electron chi connectivity index (χ2n) is 10.9. The lowest BCUT2D eigenvalue weighted by Gasteiger charge is -2.33. The first-order chi connectivity index (χ1) is 17.4. The first-order valence-electron chi connectivity index (χ1n) is 12.3. The van der Waals surface area contributed by atoms with Crippen molar-refractivity contribution >= 4 is 22.7 Å². The van der Waals surface area contributed by atoms with E-state index in [1.54, 1.807) is 0 Å². The molecule has 194 valence electrons. The zero-order valence-corrected chi connectivity index (χ0v) is 21.9. The van der Waals surface area contributed by atoms with Crippen LogP contribution in [-0.4, -0.2) is 30.9 Å². The number of halogens is 2. The fourth-order valence-corrected chi connectivity index (χ4v) is 4.92. The lowest BCUT2D eigenvalue weighted by atomic mass is 9.79. The first-order valence-corrected chi connectivity index (χ1v) is 12.3. The number of hydrogen-bond donors (Lipinski definition) is 2. The predicted molar refractivity (Wildman–Crippen MR) is 140 cm³/mol. The molecule has 0 aliphatic carbocycles. The number of aromatic nitrogens is 5. The molecule has 0 amide bonds. The van der Waals surface area contributed by atoms with Crippen LogP contribution in [0, 0.1) is 5.82 Å². The highest BCUT2D eigenvalue weighted by Crippen LogP contribution is 2.32. The summed E-state index contributed by atoms with van der Waals surface area (Å²) in [6.45, 7) is 12.3. The zero-order chi connectivity index (χ0) is 26.7. The molecule has 5 rings (SSSR count). The number of benzene rings is 1. The van der Waals surface area contributed by atoms with Gasteiger partial charge in [-0.1, -0.05) is 19.9 Å². The number of hydrogen-bond acceptors (Lipinski definition) is 6. The van der Waals surface area contributed by atoms with Crippen molar-refractivity contribution in [1.29, 1.82) is 0 Å². The molecule has 4 aromatic rings. The van der Waals surface area contributed by atoms with Gasteiger partial charge in [-0.25, -0.2) is 28.1 Å². The number of fused-ring (bicyclic) bond motifs is 2. The molecule has 0 bridgehead atoms. The van der Waals surface area contributed by atoms with Gasteiger partial charge in [0.05, 0.1) is 0 Å². The van der Waals surface area contributed by atoms with E-state index in [4.69, 9.17) is 0 Å². The van der Waals surface area contributed by atoms with Crippen molar-refractivity contribution in [3.05, 3.63) is 69.5 Å². The molecule has 0 saturated heterocycles. The van der Waals surface area contributed by atoms with Crippen LogP contribution in [0.2, 0.25) is 0 Å². The lowest BCUT2D eigenvalue weighted by molar-refractivity contribution is 0.205. The monoisotopic (exact) mass is 507 g/mol. The molecule has 2 N–H and O–H groups in total. The third kappa shape index (κ3) is 4.39. The van der Waals surface area contributed by atoms with Crippen molar-refractivity contribution < 1.29 is 8.78 Å². The minimum absolute atomic E-state index is 0.0343. The Labute approximate surface area is 213 Å². The summed E-state index contributed by atoms with van der Waals surface area (Å²) in [6.07, 6.45) is 1.47. The van der Waals surface area contributed by atoms with Gasteiger partial charge >= 0.3 is 0 Å². The van der Waals surface area contributed by atoms with Gasteiger partial charge in [0.1, 0.15) is 22.6 Å². The molecule has 0 spiro atoms. The van der Waals surface area contributed by atoms with Gasteiger partial charge < -0.3 is 10.6 Å². The van der Waals surface area contributed by atoms with Crippen LogP contribution in [0.15, 0.2) is 41.3 Å². The standard InChI is InChI=1S/C27H31F2N7O/c1-15(2)35-24(37)18-13-31-25(32-17-7-8-19-16(11-17)12-30-14-26(19,3)4)34-23(18)36(35)21-10-9-20(28)22(33-21)27(5,6)29/h7-11,13,15,30H,12,14H2,1-6H3,(H,31,32,34). The van der Waals surface area contributed by atoms with Gasteiger partial charge in [0.15, 0.2) is 11.5 Å². The maximum absolute atomic E-state index is 14.7. The van der Waals surface area contributed by atoms with Crippen LogP contribution in [0.3, 0.4) is 0 Å². The Morgan fingerprint density at radius 2 is 1.92 bits per heavy atom. The minimum Gasteiger partial charge on any atom is -0.324 e. The van der Waals surface area contributed by atoms with Gasteiger partial charge in [0.25, 0.3) is 5.56 Å². The summed E-state index contributed by atoms with van der Waals surface area (Å²) >= 11 is 0. The Morgan fingerprint density at radius 3 is 2.62 bits per heavy atom. The van der Waals surface area contributed by atoms with Gasteiger partial charge in [0, 0.05) is 36.4 Å². The first kappa shape index (κ1) is 25.0. The summed E-state index contributed by atoms with van der Waals surface area (Å²) in [4.78, 5) is 26.5. The summed E-state index contributed by atoms with van der Waals surface area (Å²) in [5.74, 6) is -0.277. The van der Waals surface area contributed by atoms with Gasteiger partial charge in [0.2, 0.25) is 5.95 Å². The van der Waals surface area contributed by atoms with Gasteiger partial charge in [-0.3, -0.25) is 4.79 Å². The Kier molecular flexibility index (Phi) is 5.90. The molecule has 1 aliphatic rings. The normalized spacial score (nSPS) is 15.3. The van der Waals surface area contributed by atoms with Crippen molar-refractivity contribution in [1.82, 2.24) is 29.6 Å². The molecule has 0 fully saturated rings. The Morgan fingerprint density at radius 1 is 1.16 bits per heavy atom. The van der Waals surface area contributed by atoms with Crippen molar-refractivity contribution in [3.8, 4) is 5.82 Å². The summed E-state index contributed by atoms with van der Waals surface area (Å²) in [7, 11) is 0. The van der Waals surface area contributed by atoms with E-state index in [9.17, 15) is 13.6 Å². The largest absolute Gasteiger partial charge is 0.324 e. The van der Waals surface area contributed by atoms with Crippen LogP contribution in [0.5, 0.6) is 0 Å². The molecule has 0 atom stereocenters. The molecule has 10 heteroatoms. The number of nitrogens with zero attached hydrogens (tertiary/aromatic N) is 5. The van der Waals surface area contributed by atoms with Gasteiger partial charge in [-0.15, -0.1) is 0 Å². The lowest BCUT2D eigenvalue weighted by Crippen LogP contribution is -2.38. The third-order valence-corrected chi connectivity index (χ3v) is 6.70. The number of alkyl halides is 1. The van der Waals surface area contributed by atoms with E-state index in [-0.39, 0.29) is 33.9 Å². The highest BCUT2D eigenvalue weighted by molar-refractivity contribution is 5.77. The second-order valence-corrected chi connectivity index (χ2v) is 10.9. The summed E-state index contributed by atoms with van der Waals surface area (Å²) in [5, 5.41) is 6.97. The van der Waals surface area contributed by atoms with Crippen LogP contribution >= 0.6 is 0 Å². The van der Waals surface area contributed by atoms with E-state index in [0.717, 1.165) is 24.8 Å². The molecule has 0 saturated carbocycles.